The summed E-state index contributed by atoms with van der Waals surface area (Å²) in [5, 5.41) is 0. The van der Waals surface area contributed by atoms with E-state index in [1.807, 2.05) is 0 Å². The molecule has 0 N–H and O–H groups in total. The van der Waals surface area contributed by atoms with Crippen molar-refractivity contribution in [1.82, 2.24) is 0 Å². The standard InChI is InChI=1S/C22H24/c1-2-10-18-17(9-1)21(13-5-6-14-21)19-11-3-4-12-20(19)22(18)15-7-8-16-22/h1-4,9-12H,5-8,13-16H2. The van der Waals surface area contributed by atoms with Gasteiger partial charge in [-0.3, -0.25) is 0 Å². The molecule has 2 saturated carbocycles. The normalized spacial score (nSPS) is 23.6. The fourth-order valence-corrected chi connectivity index (χ4v) is 5.96. The molecule has 3 aliphatic rings. The van der Waals surface area contributed by atoms with Gasteiger partial charge >= 0.3 is 0 Å². The Bertz CT molecular complexity index is 599. The van der Waals surface area contributed by atoms with Crippen LogP contribution < -0.4 is 0 Å². The molecule has 0 heterocycles. The summed E-state index contributed by atoms with van der Waals surface area (Å²) in [5.41, 5.74) is 7.34. The molecule has 0 unspecified atom stereocenters. The summed E-state index contributed by atoms with van der Waals surface area (Å²) in [5.74, 6) is 0. The summed E-state index contributed by atoms with van der Waals surface area (Å²) in [7, 11) is 0. The minimum atomic E-state index is 0.320. The molecule has 5 rings (SSSR count). The molecule has 22 heavy (non-hydrogen) atoms. The van der Waals surface area contributed by atoms with Crippen LogP contribution in [0.15, 0.2) is 48.5 Å². The fourth-order valence-electron chi connectivity index (χ4n) is 5.96. The molecule has 0 bridgehead atoms. The van der Waals surface area contributed by atoms with E-state index in [0.717, 1.165) is 0 Å². The predicted molar refractivity (Wildman–Crippen MR) is 91.4 cm³/mol. The van der Waals surface area contributed by atoms with E-state index in [0.29, 0.717) is 10.8 Å². The third kappa shape index (κ3) is 1.44. The van der Waals surface area contributed by atoms with Crippen molar-refractivity contribution in [3.05, 3.63) is 70.8 Å². The lowest BCUT2D eigenvalue weighted by molar-refractivity contribution is 0.433. The van der Waals surface area contributed by atoms with Crippen molar-refractivity contribution in [3.63, 3.8) is 0 Å². The van der Waals surface area contributed by atoms with Crippen molar-refractivity contribution in [2.24, 2.45) is 0 Å². The van der Waals surface area contributed by atoms with Crippen LogP contribution in [0.1, 0.15) is 73.6 Å². The van der Waals surface area contributed by atoms with Crippen LogP contribution in [0.25, 0.3) is 0 Å². The highest BCUT2D eigenvalue weighted by Gasteiger charge is 2.51. The van der Waals surface area contributed by atoms with Gasteiger partial charge in [0.15, 0.2) is 0 Å². The van der Waals surface area contributed by atoms with Gasteiger partial charge in [-0.2, -0.15) is 0 Å². The Morgan fingerprint density at radius 2 is 0.727 bits per heavy atom. The zero-order valence-corrected chi connectivity index (χ0v) is 13.3. The van der Waals surface area contributed by atoms with Crippen LogP contribution >= 0.6 is 0 Å². The smallest absolute Gasteiger partial charge is 0.0209 e. The van der Waals surface area contributed by atoms with Crippen molar-refractivity contribution in [2.75, 3.05) is 0 Å². The van der Waals surface area contributed by atoms with Crippen LogP contribution in [0.4, 0.5) is 0 Å². The molecule has 0 nitrogen and oxygen atoms in total. The average Bonchev–Trinajstić information content (AvgIpc) is 3.25. The van der Waals surface area contributed by atoms with Crippen molar-refractivity contribution in [3.8, 4) is 0 Å². The molecule has 0 radical (unpaired) electrons. The second-order valence-corrected chi connectivity index (χ2v) is 7.67. The number of fused-ring (bicyclic) bond motifs is 6. The SMILES string of the molecule is c1ccc2c(c1)C1(CCCC1)c1ccccc1C21CCCC1. The molecule has 3 aliphatic carbocycles. The number of rotatable bonds is 0. The van der Waals surface area contributed by atoms with E-state index in [4.69, 9.17) is 0 Å². The van der Waals surface area contributed by atoms with Gasteiger partial charge < -0.3 is 0 Å². The summed E-state index contributed by atoms with van der Waals surface area (Å²) >= 11 is 0. The van der Waals surface area contributed by atoms with Gasteiger partial charge in [0, 0.05) is 10.8 Å². The summed E-state index contributed by atoms with van der Waals surface area (Å²) in [6, 6.07) is 18.9. The van der Waals surface area contributed by atoms with Crippen molar-refractivity contribution >= 4 is 0 Å². The number of benzene rings is 2. The quantitative estimate of drug-likeness (QED) is 0.581. The molecule has 112 valence electrons. The van der Waals surface area contributed by atoms with Crippen molar-refractivity contribution in [2.45, 2.75) is 62.2 Å². The molecular weight excluding hydrogens is 264 g/mol. The first-order valence-electron chi connectivity index (χ1n) is 9.07. The first-order valence-corrected chi connectivity index (χ1v) is 9.07. The maximum absolute atomic E-state index is 2.46. The molecule has 0 aromatic heterocycles. The van der Waals surface area contributed by atoms with Gasteiger partial charge in [-0.15, -0.1) is 0 Å². The molecular formula is C22H24. The minimum absolute atomic E-state index is 0.320. The van der Waals surface area contributed by atoms with Crippen LogP contribution in [0.3, 0.4) is 0 Å². The number of hydrogen-bond acceptors (Lipinski definition) is 0. The topological polar surface area (TPSA) is 0 Å². The summed E-state index contributed by atoms with van der Waals surface area (Å²) < 4.78 is 0. The zero-order valence-electron chi connectivity index (χ0n) is 13.3. The first kappa shape index (κ1) is 12.9. The van der Waals surface area contributed by atoms with Crippen LogP contribution in [-0.2, 0) is 10.8 Å². The van der Waals surface area contributed by atoms with E-state index in [2.05, 4.69) is 48.5 Å². The van der Waals surface area contributed by atoms with E-state index < -0.39 is 0 Å². The molecule has 0 heteroatoms. The lowest BCUT2D eigenvalue weighted by Crippen LogP contribution is -2.40. The molecule has 0 saturated heterocycles. The van der Waals surface area contributed by atoms with Crippen LogP contribution in [0, 0.1) is 0 Å². The van der Waals surface area contributed by atoms with Gasteiger partial charge in [0.05, 0.1) is 0 Å². The summed E-state index contributed by atoms with van der Waals surface area (Å²) in [6.45, 7) is 0. The third-order valence-corrected chi connectivity index (χ3v) is 6.83. The molecule has 2 aromatic rings. The van der Waals surface area contributed by atoms with Crippen molar-refractivity contribution < 1.29 is 0 Å². The zero-order chi connectivity index (χ0) is 14.6. The van der Waals surface area contributed by atoms with Crippen LogP contribution in [-0.4, -0.2) is 0 Å². The Balaban J connectivity index is 1.87. The molecule has 0 aliphatic heterocycles. The molecule has 0 amide bonds. The van der Waals surface area contributed by atoms with E-state index >= 15 is 0 Å². The molecule has 2 fully saturated rings. The van der Waals surface area contributed by atoms with E-state index in [-0.39, 0.29) is 0 Å². The molecule has 0 atom stereocenters. The fraction of sp³-hybridized carbons (Fsp3) is 0.455. The maximum atomic E-state index is 2.46. The van der Waals surface area contributed by atoms with E-state index in [9.17, 15) is 0 Å². The second-order valence-electron chi connectivity index (χ2n) is 7.67. The van der Waals surface area contributed by atoms with Crippen LogP contribution in [0.5, 0.6) is 0 Å². The van der Waals surface area contributed by atoms with Crippen molar-refractivity contribution in [1.29, 1.82) is 0 Å². The minimum Gasteiger partial charge on any atom is -0.0619 e. The largest absolute Gasteiger partial charge is 0.0619 e. The summed E-state index contributed by atoms with van der Waals surface area (Å²) in [6.07, 6.45) is 10.9. The first-order chi connectivity index (χ1) is 10.9. The van der Waals surface area contributed by atoms with E-state index in [1.165, 1.54) is 51.4 Å². The lowest BCUT2D eigenvalue weighted by Gasteiger charge is -2.47. The van der Waals surface area contributed by atoms with Gasteiger partial charge in [-0.25, -0.2) is 0 Å². The Morgan fingerprint density at radius 1 is 0.455 bits per heavy atom. The number of hydrogen-bond donors (Lipinski definition) is 0. The predicted octanol–water partition coefficient (Wildman–Crippen LogP) is 5.72. The molecule has 2 aromatic carbocycles. The van der Waals surface area contributed by atoms with E-state index in [1.54, 1.807) is 22.3 Å². The highest BCUT2D eigenvalue weighted by Crippen LogP contribution is 2.60. The van der Waals surface area contributed by atoms with Gasteiger partial charge in [0.2, 0.25) is 0 Å². The van der Waals surface area contributed by atoms with Gasteiger partial charge in [-0.05, 0) is 47.9 Å². The Hall–Kier alpha value is -1.56. The molecule has 2 spiro atoms. The Morgan fingerprint density at radius 3 is 1.00 bits per heavy atom. The van der Waals surface area contributed by atoms with Gasteiger partial charge in [0.1, 0.15) is 0 Å². The van der Waals surface area contributed by atoms with Crippen LogP contribution in [0.2, 0.25) is 0 Å². The average molecular weight is 288 g/mol. The highest BCUT2D eigenvalue weighted by atomic mass is 14.5. The second kappa shape index (κ2) is 4.47. The third-order valence-electron chi connectivity index (χ3n) is 6.83. The Kier molecular flexibility index (Phi) is 2.63. The maximum Gasteiger partial charge on any atom is 0.0209 e. The summed E-state index contributed by atoms with van der Waals surface area (Å²) in [4.78, 5) is 0. The Labute approximate surface area is 133 Å². The monoisotopic (exact) mass is 288 g/mol. The van der Waals surface area contributed by atoms with Gasteiger partial charge in [-0.1, -0.05) is 74.2 Å². The highest BCUT2D eigenvalue weighted by molar-refractivity contribution is 5.60. The van der Waals surface area contributed by atoms with Gasteiger partial charge in [0.25, 0.3) is 0 Å². The lowest BCUT2D eigenvalue weighted by atomic mass is 9.56.